The molecule has 0 aliphatic heterocycles. The maximum atomic E-state index is 12.7. The van der Waals surface area contributed by atoms with Crippen LogP contribution in [0.25, 0.3) is 0 Å². The Balaban J connectivity index is 2.76. The van der Waals surface area contributed by atoms with Crippen molar-refractivity contribution in [2.24, 2.45) is 11.8 Å². The van der Waals surface area contributed by atoms with E-state index in [-0.39, 0.29) is 17.0 Å². The van der Waals surface area contributed by atoms with Gasteiger partial charge in [0.2, 0.25) is 0 Å². The second-order valence-corrected chi connectivity index (χ2v) is 8.97. The Morgan fingerprint density at radius 3 is 2.57 bits per heavy atom. The molecule has 0 radical (unpaired) electrons. The largest absolute Gasteiger partial charge is 0.385 e. The lowest BCUT2D eigenvalue weighted by molar-refractivity contribution is 0.199. The lowest BCUT2D eigenvalue weighted by Gasteiger charge is -2.38. The minimum Gasteiger partial charge on any atom is -0.385 e. The minimum absolute atomic E-state index is 0.132. The maximum Gasteiger partial charge on any atom is 0.154 e. The highest BCUT2D eigenvalue weighted by Gasteiger charge is 2.38. The van der Waals surface area contributed by atoms with Crippen LogP contribution in [0.1, 0.15) is 52.9 Å². The summed E-state index contributed by atoms with van der Waals surface area (Å²) in [6.45, 7) is 7.96. The van der Waals surface area contributed by atoms with Crippen LogP contribution in [-0.2, 0) is 14.6 Å². The van der Waals surface area contributed by atoms with E-state index in [1.54, 1.807) is 7.11 Å². The highest BCUT2D eigenvalue weighted by molar-refractivity contribution is 7.92. The van der Waals surface area contributed by atoms with Crippen molar-refractivity contribution in [3.8, 4) is 0 Å². The van der Waals surface area contributed by atoms with Gasteiger partial charge < -0.3 is 10.1 Å². The van der Waals surface area contributed by atoms with Gasteiger partial charge in [-0.05, 0) is 50.5 Å². The zero-order chi connectivity index (χ0) is 15.9. The molecular weight excluding hydrogens is 286 g/mol. The number of hydrogen-bond donors (Lipinski definition) is 1. The molecule has 1 saturated carbocycles. The molecule has 5 heteroatoms. The smallest absolute Gasteiger partial charge is 0.154 e. The first-order valence-electron chi connectivity index (χ1n) is 8.36. The third kappa shape index (κ3) is 5.87. The number of rotatable bonds is 9. The lowest BCUT2D eigenvalue weighted by atomic mass is 9.79. The maximum absolute atomic E-state index is 12.7. The predicted octanol–water partition coefficient (Wildman–Crippen LogP) is 2.63. The summed E-state index contributed by atoms with van der Waals surface area (Å²) in [4.78, 5) is 0. The number of sulfone groups is 1. The second kappa shape index (κ2) is 9.11. The van der Waals surface area contributed by atoms with E-state index in [1.807, 2.05) is 0 Å². The molecule has 0 amide bonds. The van der Waals surface area contributed by atoms with E-state index in [9.17, 15) is 8.42 Å². The molecule has 21 heavy (non-hydrogen) atoms. The molecule has 4 nitrogen and oxygen atoms in total. The summed E-state index contributed by atoms with van der Waals surface area (Å²) in [7, 11) is -1.43. The molecule has 1 aliphatic carbocycles. The van der Waals surface area contributed by atoms with Crippen molar-refractivity contribution in [2.45, 2.75) is 64.2 Å². The van der Waals surface area contributed by atoms with Crippen LogP contribution in [0.5, 0.6) is 0 Å². The standard InChI is InChI=1S/C16H33NO3S/c1-5-9-17-15-8-7-14(13(2)3)12-16(15)21(18,19)11-6-10-20-4/h13-17H,5-12H2,1-4H3. The number of nitrogens with one attached hydrogen (secondary N) is 1. The summed E-state index contributed by atoms with van der Waals surface area (Å²) in [5.41, 5.74) is 0. The molecule has 0 saturated heterocycles. The van der Waals surface area contributed by atoms with E-state index in [4.69, 9.17) is 4.74 Å². The van der Waals surface area contributed by atoms with Crippen LogP contribution in [0.4, 0.5) is 0 Å². The summed E-state index contributed by atoms with van der Waals surface area (Å²) in [5.74, 6) is 1.35. The third-order valence-electron chi connectivity index (χ3n) is 4.67. The molecule has 0 aromatic rings. The van der Waals surface area contributed by atoms with E-state index in [0.717, 1.165) is 32.2 Å². The average molecular weight is 320 g/mol. The van der Waals surface area contributed by atoms with Crippen LogP contribution >= 0.6 is 0 Å². The molecule has 0 bridgehead atoms. The minimum atomic E-state index is -3.04. The first kappa shape index (κ1) is 18.9. The van der Waals surface area contributed by atoms with Gasteiger partial charge in [0.1, 0.15) is 0 Å². The number of ether oxygens (including phenoxy) is 1. The highest BCUT2D eigenvalue weighted by atomic mass is 32.2. The Morgan fingerprint density at radius 2 is 2.00 bits per heavy atom. The van der Waals surface area contributed by atoms with E-state index < -0.39 is 9.84 Å². The Labute approximate surface area is 130 Å². The van der Waals surface area contributed by atoms with E-state index in [0.29, 0.717) is 24.9 Å². The van der Waals surface area contributed by atoms with E-state index in [1.165, 1.54) is 0 Å². The fraction of sp³-hybridized carbons (Fsp3) is 1.00. The first-order chi connectivity index (χ1) is 9.92. The van der Waals surface area contributed by atoms with Crippen LogP contribution < -0.4 is 5.32 Å². The lowest BCUT2D eigenvalue weighted by Crippen LogP contribution is -2.49. The fourth-order valence-corrected chi connectivity index (χ4v) is 5.38. The molecular formula is C16H33NO3S. The Kier molecular flexibility index (Phi) is 8.21. The number of methoxy groups -OCH3 is 1. The second-order valence-electron chi connectivity index (χ2n) is 6.63. The average Bonchev–Trinajstić information content (AvgIpc) is 2.45. The molecule has 0 heterocycles. The van der Waals surface area contributed by atoms with Gasteiger partial charge in [0.15, 0.2) is 9.84 Å². The van der Waals surface area contributed by atoms with Gasteiger partial charge in [-0.3, -0.25) is 0 Å². The van der Waals surface area contributed by atoms with Gasteiger partial charge in [-0.25, -0.2) is 8.42 Å². The van der Waals surface area contributed by atoms with Crippen LogP contribution in [0, 0.1) is 11.8 Å². The SMILES string of the molecule is CCCNC1CCC(C(C)C)CC1S(=O)(=O)CCCOC. The Morgan fingerprint density at radius 1 is 1.29 bits per heavy atom. The third-order valence-corrected chi connectivity index (χ3v) is 6.97. The van der Waals surface area contributed by atoms with Crippen LogP contribution in [0.2, 0.25) is 0 Å². The Hall–Kier alpha value is -0.130. The molecule has 1 fully saturated rings. The summed E-state index contributed by atoms with van der Waals surface area (Å²) >= 11 is 0. The monoisotopic (exact) mass is 319 g/mol. The number of hydrogen-bond acceptors (Lipinski definition) is 4. The molecule has 0 aromatic carbocycles. The molecule has 126 valence electrons. The predicted molar refractivity (Wildman–Crippen MR) is 88.3 cm³/mol. The van der Waals surface area contributed by atoms with Crippen molar-refractivity contribution < 1.29 is 13.2 Å². The van der Waals surface area contributed by atoms with Crippen molar-refractivity contribution >= 4 is 9.84 Å². The Bertz CT molecular complexity index is 381. The quantitative estimate of drug-likeness (QED) is 0.664. The van der Waals surface area contributed by atoms with Gasteiger partial charge >= 0.3 is 0 Å². The molecule has 0 spiro atoms. The molecule has 1 aliphatic rings. The van der Waals surface area contributed by atoms with Crippen molar-refractivity contribution in [1.82, 2.24) is 5.32 Å². The normalized spacial score (nSPS) is 27.2. The summed E-state index contributed by atoms with van der Waals surface area (Å²) in [6, 6.07) is 0.132. The molecule has 1 N–H and O–H groups in total. The van der Waals surface area contributed by atoms with Gasteiger partial charge in [-0.15, -0.1) is 0 Å². The topological polar surface area (TPSA) is 55.4 Å². The van der Waals surface area contributed by atoms with E-state index in [2.05, 4.69) is 26.1 Å². The molecule has 3 unspecified atom stereocenters. The summed E-state index contributed by atoms with van der Waals surface area (Å²) in [6.07, 6.45) is 4.58. The van der Waals surface area contributed by atoms with E-state index >= 15 is 0 Å². The van der Waals surface area contributed by atoms with Gasteiger partial charge in [0, 0.05) is 19.8 Å². The van der Waals surface area contributed by atoms with Gasteiger partial charge in [0.25, 0.3) is 0 Å². The summed E-state index contributed by atoms with van der Waals surface area (Å²) in [5, 5.41) is 3.25. The first-order valence-corrected chi connectivity index (χ1v) is 10.1. The van der Waals surface area contributed by atoms with Crippen molar-refractivity contribution in [1.29, 1.82) is 0 Å². The zero-order valence-electron chi connectivity index (χ0n) is 14.1. The van der Waals surface area contributed by atoms with Crippen LogP contribution in [-0.4, -0.2) is 45.7 Å². The highest BCUT2D eigenvalue weighted by Crippen LogP contribution is 2.34. The zero-order valence-corrected chi connectivity index (χ0v) is 14.9. The van der Waals surface area contributed by atoms with Crippen molar-refractivity contribution in [2.75, 3.05) is 26.0 Å². The van der Waals surface area contributed by atoms with Gasteiger partial charge in [-0.2, -0.15) is 0 Å². The fourth-order valence-electron chi connectivity index (χ4n) is 3.28. The summed E-state index contributed by atoms with van der Waals surface area (Å²) < 4.78 is 30.4. The van der Waals surface area contributed by atoms with Crippen molar-refractivity contribution in [3.63, 3.8) is 0 Å². The van der Waals surface area contributed by atoms with Crippen LogP contribution in [0.3, 0.4) is 0 Å². The van der Waals surface area contributed by atoms with Crippen molar-refractivity contribution in [3.05, 3.63) is 0 Å². The molecule has 1 rings (SSSR count). The van der Waals surface area contributed by atoms with Crippen LogP contribution in [0.15, 0.2) is 0 Å². The van der Waals surface area contributed by atoms with Gasteiger partial charge in [0.05, 0.1) is 11.0 Å². The molecule has 0 aromatic heterocycles. The molecule has 3 atom stereocenters. The van der Waals surface area contributed by atoms with Gasteiger partial charge in [-0.1, -0.05) is 20.8 Å².